The van der Waals surface area contributed by atoms with E-state index in [0.717, 1.165) is 30.6 Å². The van der Waals surface area contributed by atoms with Crippen LogP contribution in [0, 0.1) is 23.2 Å². The normalized spacial score (nSPS) is 33.8. The highest BCUT2D eigenvalue weighted by atomic mass is 14.6. The molecule has 4 fully saturated rings. The summed E-state index contributed by atoms with van der Waals surface area (Å²) in [5, 5.41) is 0. The number of hydrogen-bond donors (Lipinski definition) is 0. The van der Waals surface area contributed by atoms with E-state index >= 15 is 0 Å². The van der Waals surface area contributed by atoms with Gasteiger partial charge in [0, 0.05) is 0 Å². The maximum Gasteiger partial charge on any atom is -0.000740 e. The van der Waals surface area contributed by atoms with Crippen LogP contribution < -0.4 is 0 Å². The topological polar surface area (TPSA) is 0 Å². The van der Waals surface area contributed by atoms with Crippen molar-refractivity contribution in [3.63, 3.8) is 0 Å². The zero-order valence-corrected chi connectivity index (χ0v) is 17.5. The standard InChI is InChI=1S/C29H30/c1-18-9-10-26(28(18)29-15-19-11-20(16-29)13-21(12-19)17-29)25-8-4-7-24-23-6-3-2-5-22(23)14-27(24)25/h2-9,19-21H,10-17H2,1H3. The van der Waals surface area contributed by atoms with Crippen molar-refractivity contribution in [2.75, 3.05) is 0 Å². The molecule has 4 saturated carbocycles. The highest BCUT2D eigenvalue weighted by molar-refractivity contribution is 5.87. The first-order valence-corrected chi connectivity index (χ1v) is 11.8. The van der Waals surface area contributed by atoms with Crippen LogP contribution in [0.2, 0.25) is 0 Å². The van der Waals surface area contributed by atoms with Gasteiger partial charge in [0.25, 0.3) is 0 Å². The minimum atomic E-state index is 0.495. The third kappa shape index (κ3) is 2.26. The van der Waals surface area contributed by atoms with Gasteiger partial charge in [-0.2, -0.15) is 0 Å². The second kappa shape index (κ2) is 5.75. The fraction of sp³-hybridized carbons (Fsp3) is 0.448. The average molecular weight is 379 g/mol. The molecule has 0 nitrogen and oxygen atoms in total. The van der Waals surface area contributed by atoms with Crippen LogP contribution in [0.25, 0.3) is 16.7 Å². The minimum Gasteiger partial charge on any atom is -0.0769 e. The van der Waals surface area contributed by atoms with E-state index in [0.29, 0.717) is 5.41 Å². The van der Waals surface area contributed by atoms with E-state index < -0.39 is 0 Å². The molecule has 0 atom stereocenters. The lowest BCUT2D eigenvalue weighted by Crippen LogP contribution is -2.47. The van der Waals surface area contributed by atoms with E-state index in [1.807, 2.05) is 0 Å². The van der Waals surface area contributed by atoms with Crippen LogP contribution in [-0.4, -0.2) is 0 Å². The van der Waals surface area contributed by atoms with E-state index in [9.17, 15) is 0 Å². The predicted octanol–water partition coefficient (Wildman–Crippen LogP) is 7.58. The molecular weight excluding hydrogens is 348 g/mol. The second-order valence-electron chi connectivity index (χ2n) is 10.8. The van der Waals surface area contributed by atoms with Crippen LogP contribution in [0.4, 0.5) is 0 Å². The molecule has 0 amide bonds. The van der Waals surface area contributed by atoms with Crippen molar-refractivity contribution in [3.8, 4) is 11.1 Å². The Hall–Kier alpha value is -2.08. The number of hydrogen-bond acceptors (Lipinski definition) is 0. The number of benzene rings is 2. The van der Waals surface area contributed by atoms with Crippen molar-refractivity contribution >= 4 is 5.57 Å². The van der Waals surface area contributed by atoms with Gasteiger partial charge in [-0.05, 0) is 120 Å². The van der Waals surface area contributed by atoms with E-state index in [1.54, 1.807) is 27.8 Å². The molecule has 0 heteroatoms. The van der Waals surface area contributed by atoms with Crippen molar-refractivity contribution < 1.29 is 0 Å². The molecule has 4 bridgehead atoms. The smallest absolute Gasteiger partial charge is 0.000740 e. The largest absolute Gasteiger partial charge is 0.0769 e. The lowest BCUT2D eigenvalue weighted by Gasteiger charge is -2.58. The molecule has 0 aliphatic heterocycles. The Balaban J connectivity index is 1.40. The average Bonchev–Trinajstić information content (AvgIpc) is 3.27. The Morgan fingerprint density at radius 2 is 1.41 bits per heavy atom. The first kappa shape index (κ1) is 16.7. The maximum absolute atomic E-state index is 2.55. The van der Waals surface area contributed by atoms with Gasteiger partial charge in [0.2, 0.25) is 0 Å². The molecule has 2 aromatic rings. The molecule has 2 aromatic carbocycles. The van der Waals surface area contributed by atoms with Crippen LogP contribution in [0.1, 0.15) is 68.6 Å². The van der Waals surface area contributed by atoms with Crippen LogP contribution in [-0.2, 0) is 6.42 Å². The zero-order valence-electron chi connectivity index (χ0n) is 17.5. The molecule has 6 aliphatic rings. The molecule has 6 aliphatic carbocycles. The third-order valence-corrected chi connectivity index (χ3v) is 9.05. The van der Waals surface area contributed by atoms with Gasteiger partial charge >= 0.3 is 0 Å². The Labute approximate surface area is 174 Å². The molecule has 0 spiro atoms. The molecule has 0 saturated heterocycles. The van der Waals surface area contributed by atoms with Gasteiger partial charge in [-0.15, -0.1) is 0 Å². The zero-order chi connectivity index (χ0) is 19.2. The van der Waals surface area contributed by atoms with Crippen molar-refractivity contribution in [1.82, 2.24) is 0 Å². The maximum atomic E-state index is 2.55. The summed E-state index contributed by atoms with van der Waals surface area (Å²) in [5.41, 5.74) is 13.2. The lowest BCUT2D eigenvalue weighted by molar-refractivity contribution is -0.0287. The monoisotopic (exact) mass is 378 g/mol. The predicted molar refractivity (Wildman–Crippen MR) is 121 cm³/mol. The van der Waals surface area contributed by atoms with Gasteiger partial charge in [0.15, 0.2) is 0 Å². The summed E-state index contributed by atoms with van der Waals surface area (Å²) in [5.74, 6) is 3.03. The summed E-state index contributed by atoms with van der Waals surface area (Å²) in [6, 6.07) is 16.1. The Morgan fingerprint density at radius 1 is 0.759 bits per heavy atom. The molecule has 146 valence electrons. The van der Waals surface area contributed by atoms with Crippen molar-refractivity contribution in [3.05, 3.63) is 76.4 Å². The van der Waals surface area contributed by atoms with Crippen molar-refractivity contribution in [1.29, 1.82) is 0 Å². The molecular formula is C29H30. The molecule has 0 radical (unpaired) electrons. The summed E-state index contributed by atoms with van der Waals surface area (Å²) in [6.07, 6.45) is 13.8. The fourth-order valence-corrected chi connectivity index (χ4v) is 8.54. The van der Waals surface area contributed by atoms with Gasteiger partial charge in [0.05, 0.1) is 0 Å². The van der Waals surface area contributed by atoms with E-state index in [4.69, 9.17) is 0 Å². The molecule has 0 aromatic heterocycles. The molecule has 29 heavy (non-hydrogen) atoms. The highest BCUT2D eigenvalue weighted by Crippen LogP contribution is 2.65. The van der Waals surface area contributed by atoms with Gasteiger partial charge in [-0.3, -0.25) is 0 Å². The van der Waals surface area contributed by atoms with Crippen molar-refractivity contribution in [2.24, 2.45) is 23.2 Å². The van der Waals surface area contributed by atoms with Gasteiger partial charge < -0.3 is 0 Å². The van der Waals surface area contributed by atoms with Crippen LogP contribution >= 0.6 is 0 Å². The van der Waals surface area contributed by atoms with E-state index in [2.05, 4.69) is 55.5 Å². The van der Waals surface area contributed by atoms with Gasteiger partial charge in [-0.25, -0.2) is 0 Å². The summed E-state index contributed by atoms with van der Waals surface area (Å²) in [6.45, 7) is 2.42. The van der Waals surface area contributed by atoms with Crippen LogP contribution in [0.5, 0.6) is 0 Å². The number of rotatable bonds is 2. The summed E-state index contributed by atoms with van der Waals surface area (Å²) in [4.78, 5) is 0. The SMILES string of the molecule is CC1=CCC(c2cccc3c2Cc2ccccc2-3)=C1C12CC3CC(CC(C3)C1)C2. The quantitative estimate of drug-likeness (QED) is 0.431. The van der Waals surface area contributed by atoms with Crippen LogP contribution in [0.3, 0.4) is 0 Å². The molecule has 0 unspecified atom stereocenters. The van der Waals surface area contributed by atoms with E-state index in [1.165, 1.54) is 55.2 Å². The molecule has 8 rings (SSSR count). The van der Waals surface area contributed by atoms with Crippen LogP contribution in [0.15, 0.2) is 59.7 Å². The highest BCUT2D eigenvalue weighted by Gasteiger charge is 2.53. The minimum absolute atomic E-state index is 0.495. The third-order valence-electron chi connectivity index (χ3n) is 9.05. The summed E-state index contributed by atoms with van der Waals surface area (Å²) < 4.78 is 0. The Morgan fingerprint density at radius 3 is 2.17 bits per heavy atom. The lowest BCUT2D eigenvalue weighted by atomic mass is 9.47. The Bertz CT molecular complexity index is 1060. The second-order valence-corrected chi connectivity index (χ2v) is 10.8. The first-order valence-electron chi connectivity index (χ1n) is 11.8. The van der Waals surface area contributed by atoms with Gasteiger partial charge in [0.1, 0.15) is 0 Å². The summed E-state index contributed by atoms with van der Waals surface area (Å²) in [7, 11) is 0. The van der Waals surface area contributed by atoms with Gasteiger partial charge in [-0.1, -0.05) is 54.1 Å². The number of allylic oxidation sites excluding steroid dienone is 4. The first-order chi connectivity index (χ1) is 14.2. The van der Waals surface area contributed by atoms with Crippen molar-refractivity contribution in [2.45, 2.75) is 58.3 Å². The summed E-state index contributed by atoms with van der Waals surface area (Å²) >= 11 is 0. The fourth-order valence-electron chi connectivity index (χ4n) is 8.54. The molecule has 0 N–H and O–H groups in total. The molecule has 0 heterocycles. The number of fused-ring (bicyclic) bond motifs is 3. The Kier molecular flexibility index (Phi) is 3.31. The van der Waals surface area contributed by atoms with E-state index in [-0.39, 0.29) is 0 Å².